The standard InChI is InChI=1S/C11H18N2O3S/c1-4-13-17(14,15)10-5-6-11(16-3)9(7-10)8-12-2/h5-7,12-13H,4,8H2,1-3H3. The van der Waals surface area contributed by atoms with Crippen molar-refractivity contribution in [3.63, 3.8) is 0 Å². The Morgan fingerprint density at radius 1 is 1.35 bits per heavy atom. The lowest BCUT2D eigenvalue weighted by atomic mass is 10.2. The van der Waals surface area contributed by atoms with Gasteiger partial charge in [0.2, 0.25) is 10.0 Å². The summed E-state index contributed by atoms with van der Waals surface area (Å²) in [6.45, 7) is 2.67. The zero-order valence-corrected chi connectivity index (χ0v) is 11.1. The van der Waals surface area contributed by atoms with Crippen LogP contribution >= 0.6 is 0 Å². The lowest BCUT2D eigenvalue weighted by Gasteiger charge is -2.11. The van der Waals surface area contributed by atoms with Crippen LogP contribution in [0.4, 0.5) is 0 Å². The van der Waals surface area contributed by atoms with Gasteiger partial charge >= 0.3 is 0 Å². The van der Waals surface area contributed by atoms with Gasteiger partial charge in [0.1, 0.15) is 5.75 Å². The van der Waals surface area contributed by atoms with Crippen molar-refractivity contribution < 1.29 is 13.2 Å². The smallest absolute Gasteiger partial charge is 0.240 e. The van der Waals surface area contributed by atoms with E-state index in [0.29, 0.717) is 18.8 Å². The highest BCUT2D eigenvalue weighted by Crippen LogP contribution is 2.22. The summed E-state index contributed by atoms with van der Waals surface area (Å²) in [4.78, 5) is 0.255. The van der Waals surface area contributed by atoms with Gasteiger partial charge in [-0.25, -0.2) is 13.1 Å². The summed E-state index contributed by atoms with van der Waals surface area (Å²) < 4.78 is 31.3. The highest BCUT2D eigenvalue weighted by atomic mass is 32.2. The third-order valence-electron chi connectivity index (χ3n) is 2.26. The maximum atomic E-state index is 11.8. The van der Waals surface area contributed by atoms with E-state index in [1.807, 2.05) is 0 Å². The lowest BCUT2D eigenvalue weighted by molar-refractivity contribution is 0.408. The second-order valence-corrected chi connectivity index (χ2v) is 5.27. The van der Waals surface area contributed by atoms with Crippen molar-refractivity contribution in [1.82, 2.24) is 10.0 Å². The molecule has 0 saturated heterocycles. The summed E-state index contributed by atoms with van der Waals surface area (Å²) in [5.41, 5.74) is 0.814. The normalized spacial score (nSPS) is 11.5. The molecule has 5 nitrogen and oxygen atoms in total. The van der Waals surface area contributed by atoms with E-state index in [1.54, 1.807) is 33.2 Å². The van der Waals surface area contributed by atoms with Crippen LogP contribution in [0.1, 0.15) is 12.5 Å². The Hall–Kier alpha value is -1.11. The minimum absolute atomic E-state index is 0.255. The van der Waals surface area contributed by atoms with Crippen molar-refractivity contribution in [2.24, 2.45) is 0 Å². The van der Waals surface area contributed by atoms with Crippen molar-refractivity contribution in [3.05, 3.63) is 23.8 Å². The molecule has 0 aliphatic rings. The van der Waals surface area contributed by atoms with Gasteiger partial charge < -0.3 is 10.1 Å². The Kier molecular flexibility index (Phi) is 4.92. The predicted molar refractivity (Wildman–Crippen MR) is 66.6 cm³/mol. The van der Waals surface area contributed by atoms with E-state index < -0.39 is 10.0 Å². The van der Waals surface area contributed by atoms with Crippen LogP contribution < -0.4 is 14.8 Å². The Bertz CT molecular complexity index is 472. The zero-order chi connectivity index (χ0) is 12.9. The summed E-state index contributed by atoms with van der Waals surface area (Å²) in [7, 11) is -0.0505. The molecule has 1 aromatic carbocycles. The van der Waals surface area contributed by atoms with Crippen LogP contribution in [0.15, 0.2) is 23.1 Å². The molecule has 1 aromatic rings. The van der Waals surface area contributed by atoms with E-state index >= 15 is 0 Å². The van der Waals surface area contributed by atoms with Crippen LogP contribution in [-0.2, 0) is 16.6 Å². The Morgan fingerprint density at radius 2 is 2.06 bits per heavy atom. The largest absolute Gasteiger partial charge is 0.496 e. The maximum absolute atomic E-state index is 11.8. The molecule has 0 heterocycles. The van der Waals surface area contributed by atoms with Crippen LogP contribution in [0.2, 0.25) is 0 Å². The van der Waals surface area contributed by atoms with Crippen molar-refractivity contribution in [2.45, 2.75) is 18.4 Å². The van der Waals surface area contributed by atoms with E-state index in [2.05, 4.69) is 10.0 Å². The summed E-state index contributed by atoms with van der Waals surface area (Å²) in [6.07, 6.45) is 0. The van der Waals surface area contributed by atoms with E-state index in [-0.39, 0.29) is 4.90 Å². The molecule has 0 aliphatic heterocycles. The molecule has 6 heteroatoms. The minimum atomic E-state index is -3.41. The maximum Gasteiger partial charge on any atom is 0.240 e. The lowest BCUT2D eigenvalue weighted by Crippen LogP contribution is -2.23. The predicted octanol–water partition coefficient (Wildman–Crippen LogP) is 0.713. The van der Waals surface area contributed by atoms with Crippen LogP contribution in [0.25, 0.3) is 0 Å². The Morgan fingerprint density at radius 3 is 2.59 bits per heavy atom. The van der Waals surface area contributed by atoms with Crippen molar-refractivity contribution in [2.75, 3.05) is 20.7 Å². The van der Waals surface area contributed by atoms with E-state index in [9.17, 15) is 8.42 Å². The van der Waals surface area contributed by atoms with Gasteiger partial charge in [0.05, 0.1) is 12.0 Å². The third kappa shape index (κ3) is 3.42. The van der Waals surface area contributed by atoms with E-state index in [1.165, 1.54) is 6.07 Å². The molecular formula is C11H18N2O3S. The highest BCUT2D eigenvalue weighted by Gasteiger charge is 2.14. The van der Waals surface area contributed by atoms with Crippen LogP contribution in [-0.4, -0.2) is 29.1 Å². The second kappa shape index (κ2) is 6.00. The minimum Gasteiger partial charge on any atom is -0.496 e. The topological polar surface area (TPSA) is 67.4 Å². The fourth-order valence-corrected chi connectivity index (χ4v) is 2.62. The van der Waals surface area contributed by atoms with Crippen LogP contribution in [0.3, 0.4) is 0 Å². The van der Waals surface area contributed by atoms with Gasteiger partial charge in [-0.3, -0.25) is 0 Å². The second-order valence-electron chi connectivity index (χ2n) is 3.51. The molecule has 96 valence electrons. The number of nitrogens with one attached hydrogen (secondary N) is 2. The fraction of sp³-hybridized carbons (Fsp3) is 0.455. The molecule has 0 aliphatic carbocycles. The zero-order valence-electron chi connectivity index (χ0n) is 10.3. The number of ether oxygens (including phenoxy) is 1. The van der Waals surface area contributed by atoms with Gasteiger partial charge in [-0.15, -0.1) is 0 Å². The van der Waals surface area contributed by atoms with Gasteiger partial charge in [-0.05, 0) is 25.2 Å². The first-order valence-electron chi connectivity index (χ1n) is 5.36. The number of rotatable bonds is 6. The SMILES string of the molecule is CCNS(=O)(=O)c1ccc(OC)c(CNC)c1. The third-order valence-corrected chi connectivity index (χ3v) is 3.81. The van der Waals surface area contributed by atoms with E-state index in [0.717, 1.165) is 5.56 Å². The summed E-state index contributed by atoms with van der Waals surface area (Å²) in [5, 5.41) is 2.97. The Labute approximate surface area is 102 Å². The molecule has 0 radical (unpaired) electrons. The first-order chi connectivity index (χ1) is 8.05. The van der Waals surface area contributed by atoms with Crippen LogP contribution in [0, 0.1) is 0 Å². The van der Waals surface area contributed by atoms with Gasteiger partial charge in [-0.1, -0.05) is 6.92 Å². The molecule has 0 saturated carbocycles. The van der Waals surface area contributed by atoms with E-state index in [4.69, 9.17) is 4.74 Å². The number of hydrogen-bond donors (Lipinski definition) is 2. The highest BCUT2D eigenvalue weighted by molar-refractivity contribution is 7.89. The van der Waals surface area contributed by atoms with Gasteiger partial charge in [-0.2, -0.15) is 0 Å². The fourth-order valence-electron chi connectivity index (χ4n) is 1.52. The molecule has 0 atom stereocenters. The summed E-state index contributed by atoms with van der Waals surface area (Å²) >= 11 is 0. The molecule has 0 amide bonds. The van der Waals surface area contributed by atoms with Crippen molar-refractivity contribution in [1.29, 1.82) is 0 Å². The van der Waals surface area contributed by atoms with Gasteiger partial charge in [0.15, 0.2) is 0 Å². The number of sulfonamides is 1. The summed E-state index contributed by atoms with van der Waals surface area (Å²) in [6, 6.07) is 4.82. The van der Waals surface area contributed by atoms with Crippen molar-refractivity contribution >= 4 is 10.0 Å². The van der Waals surface area contributed by atoms with Gasteiger partial charge in [0.25, 0.3) is 0 Å². The first kappa shape index (κ1) is 14.0. The number of hydrogen-bond acceptors (Lipinski definition) is 4. The molecule has 0 aromatic heterocycles. The average Bonchev–Trinajstić information content (AvgIpc) is 2.29. The molecular weight excluding hydrogens is 240 g/mol. The van der Waals surface area contributed by atoms with Crippen LogP contribution in [0.5, 0.6) is 5.75 Å². The number of benzene rings is 1. The molecule has 1 rings (SSSR count). The molecule has 17 heavy (non-hydrogen) atoms. The van der Waals surface area contributed by atoms with Crippen molar-refractivity contribution in [3.8, 4) is 5.75 Å². The molecule has 0 unspecified atom stereocenters. The summed E-state index contributed by atoms with van der Waals surface area (Å²) in [5.74, 6) is 0.676. The Balaban J connectivity index is 3.16. The monoisotopic (exact) mass is 258 g/mol. The average molecular weight is 258 g/mol. The molecule has 2 N–H and O–H groups in total. The molecule has 0 fully saturated rings. The first-order valence-corrected chi connectivity index (χ1v) is 6.84. The number of methoxy groups -OCH3 is 1. The molecule has 0 bridgehead atoms. The quantitative estimate of drug-likeness (QED) is 0.788. The molecule has 0 spiro atoms. The van der Waals surface area contributed by atoms with Gasteiger partial charge in [0, 0.05) is 18.7 Å².